The first kappa shape index (κ1) is 23.2. The van der Waals surface area contributed by atoms with Crippen molar-refractivity contribution in [2.45, 2.75) is 45.2 Å². The predicted molar refractivity (Wildman–Crippen MR) is 122 cm³/mol. The molecule has 2 heterocycles. The lowest BCUT2D eigenvalue weighted by Gasteiger charge is -2.28. The van der Waals surface area contributed by atoms with Crippen LogP contribution in [0.25, 0.3) is 11.1 Å². The Hall–Kier alpha value is -2.51. The number of aromatic nitrogens is 1. The van der Waals surface area contributed by atoms with E-state index in [1.54, 1.807) is 6.20 Å². The number of rotatable bonds is 9. The van der Waals surface area contributed by atoms with Crippen molar-refractivity contribution in [2.24, 2.45) is 5.92 Å². The highest BCUT2D eigenvalue weighted by Crippen LogP contribution is 2.32. The van der Waals surface area contributed by atoms with Crippen LogP contribution in [0, 0.1) is 5.92 Å². The van der Waals surface area contributed by atoms with E-state index in [1.807, 2.05) is 51.1 Å². The molecule has 1 saturated heterocycles. The molecule has 1 fully saturated rings. The smallest absolute Gasteiger partial charge is 0.405 e. The van der Waals surface area contributed by atoms with Gasteiger partial charge in [-0.1, -0.05) is 24.6 Å². The van der Waals surface area contributed by atoms with Crippen LogP contribution in [0.4, 0.5) is 10.6 Å². The summed E-state index contributed by atoms with van der Waals surface area (Å²) in [6.07, 6.45) is 2.38. The maximum absolute atomic E-state index is 10.9. The van der Waals surface area contributed by atoms with Crippen molar-refractivity contribution in [2.75, 3.05) is 25.1 Å². The molecule has 2 atom stereocenters. The maximum atomic E-state index is 10.9. The van der Waals surface area contributed by atoms with Gasteiger partial charge in [-0.2, -0.15) is 0 Å². The second-order valence-electron chi connectivity index (χ2n) is 8.71. The lowest BCUT2D eigenvalue weighted by molar-refractivity contribution is 0.169. The third-order valence-electron chi connectivity index (χ3n) is 5.13. The van der Waals surface area contributed by atoms with Crippen molar-refractivity contribution in [1.82, 2.24) is 10.3 Å². The molecule has 31 heavy (non-hydrogen) atoms. The second-order valence-corrected chi connectivity index (χ2v) is 9.12. The molecule has 0 saturated carbocycles. The van der Waals surface area contributed by atoms with E-state index >= 15 is 0 Å². The minimum atomic E-state index is -1.03. The van der Waals surface area contributed by atoms with Crippen molar-refractivity contribution >= 4 is 23.5 Å². The third kappa shape index (κ3) is 7.01. The standard InChI is InChI=1S/C23H30ClN3O4/c1-15(12-23(2,3)27-22(28)29)13-31-20-5-4-16(10-19(20)24)17-6-8-25-21(11-17)26-18-7-9-30-14-18/h4-6,8,10-11,15,18,27H,7,9,12-14H2,1-3H3,(H,25,26)(H,28,29). The van der Waals surface area contributed by atoms with E-state index in [4.69, 9.17) is 26.2 Å². The Balaban J connectivity index is 1.60. The fraction of sp³-hybridized carbons (Fsp3) is 0.478. The van der Waals surface area contributed by atoms with Crippen LogP contribution in [-0.2, 0) is 4.74 Å². The molecular formula is C23H30ClN3O4. The summed E-state index contributed by atoms with van der Waals surface area (Å²) in [5.41, 5.74) is 1.46. The van der Waals surface area contributed by atoms with E-state index in [2.05, 4.69) is 15.6 Å². The number of hydrogen-bond acceptors (Lipinski definition) is 5. The van der Waals surface area contributed by atoms with Crippen molar-refractivity contribution in [1.29, 1.82) is 0 Å². The van der Waals surface area contributed by atoms with Gasteiger partial charge in [0.1, 0.15) is 11.6 Å². The fourth-order valence-corrected chi connectivity index (χ4v) is 4.08. The summed E-state index contributed by atoms with van der Waals surface area (Å²) in [6, 6.07) is 9.96. The molecule has 1 aromatic carbocycles. The van der Waals surface area contributed by atoms with Crippen LogP contribution in [0.3, 0.4) is 0 Å². The quantitative estimate of drug-likeness (QED) is 0.498. The monoisotopic (exact) mass is 447 g/mol. The van der Waals surface area contributed by atoms with Gasteiger partial charge in [-0.3, -0.25) is 0 Å². The zero-order valence-corrected chi connectivity index (χ0v) is 18.9. The molecule has 8 heteroatoms. The Morgan fingerprint density at radius 2 is 2.13 bits per heavy atom. The fourth-order valence-electron chi connectivity index (χ4n) is 3.85. The molecule has 1 aliphatic heterocycles. The molecule has 0 bridgehead atoms. The van der Waals surface area contributed by atoms with Crippen molar-refractivity contribution in [3.8, 4) is 16.9 Å². The minimum Gasteiger partial charge on any atom is -0.492 e. The summed E-state index contributed by atoms with van der Waals surface area (Å²) >= 11 is 6.48. The average molecular weight is 448 g/mol. The molecule has 168 valence electrons. The number of amides is 1. The summed E-state index contributed by atoms with van der Waals surface area (Å²) < 4.78 is 11.3. The van der Waals surface area contributed by atoms with Crippen molar-refractivity contribution in [3.63, 3.8) is 0 Å². The summed E-state index contributed by atoms with van der Waals surface area (Å²) in [7, 11) is 0. The number of benzene rings is 1. The van der Waals surface area contributed by atoms with Gasteiger partial charge in [-0.25, -0.2) is 9.78 Å². The SMILES string of the molecule is CC(COc1ccc(-c2ccnc(NC3CCOC3)c2)cc1Cl)CC(C)(C)NC(=O)O. The molecule has 7 nitrogen and oxygen atoms in total. The van der Waals surface area contributed by atoms with E-state index in [0.717, 1.165) is 30.0 Å². The van der Waals surface area contributed by atoms with Crippen LogP contribution in [0.5, 0.6) is 5.75 Å². The number of hydrogen-bond donors (Lipinski definition) is 3. The molecule has 1 aliphatic rings. The van der Waals surface area contributed by atoms with E-state index < -0.39 is 11.6 Å². The van der Waals surface area contributed by atoms with Crippen LogP contribution in [0.1, 0.15) is 33.6 Å². The summed E-state index contributed by atoms with van der Waals surface area (Å²) in [5.74, 6) is 1.57. The van der Waals surface area contributed by atoms with Gasteiger partial charge in [-0.05, 0) is 68.0 Å². The lowest BCUT2D eigenvalue weighted by Crippen LogP contribution is -2.44. The zero-order valence-electron chi connectivity index (χ0n) is 18.2. The molecule has 3 rings (SSSR count). The number of nitrogens with one attached hydrogen (secondary N) is 2. The number of carbonyl (C=O) groups is 1. The Labute approximate surface area is 188 Å². The van der Waals surface area contributed by atoms with Crippen LogP contribution in [0.15, 0.2) is 36.5 Å². The molecule has 0 radical (unpaired) electrons. The molecule has 2 unspecified atom stereocenters. The predicted octanol–water partition coefficient (Wildman–Crippen LogP) is 5.05. The van der Waals surface area contributed by atoms with Crippen LogP contribution in [0.2, 0.25) is 5.02 Å². The highest BCUT2D eigenvalue weighted by atomic mass is 35.5. The first-order valence-corrected chi connectivity index (χ1v) is 10.8. The normalized spacial score (nSPS) is 17.2. The van der Waals surface area contributed by atoms with Crippen LogP contribution >= 0.6 is 11.6 Å². The van der Waals surface area contributed by atoms with Gasteiger partial charge in [0.15, 0.2) is 0 Å². The van der Waals surface area contributed by atoms with Gasteiger partial charge in [0, 0.05) is 18.3 Å². The third-order valence-corrected chi connectivity index (χ3v) is 5.43. The number of anilines is 1. The highest BCUT2D eigenvalue weighted by molar-refractivity contribution is 6.32. The molecule has 1 aromatic heterocycles. The first-order chi connectivity index (χ1) is 14.7. The molecule has 0 spiro atoms. The van der Waals surface area contributed by atoms with E-state index in [-0.39, 0.29) is 5.92 Å². The van der Waals surface area contributed by atoms with Gasteiger partial charge in [0.2, 0.25) is 0 Å². The Bertz CT molecular complexity index is 900. The number of nitrogens with zero attached hydrogens (tertiary/aromatic N) is 1. The Morgan fingerprint density at radius 3 is 2.81 bits per heavy atom. The van der Waals surface area contributed by atoms with Gasteiger partial charge < -0.3 is 25.2 Å². The van der Waals surface area contributed by atoms with E-state index in [9.17, 15) is 4.79 Å². The van der Waals surface area contributed by atoms with Crippen LogP contribution in [-0.4, -0.2) is 47.6 Å². The zero-order chi connectivity index (χ0) is 22.4. The van der Waals surface area contributed by atoms with Crippen LogP contribution < -0.4 is 15.4 Å². The largest absolute Gasteiger partial charge is 0.492 e. The molecule has 1 amide bonds. The number of halogens is 1. The number of pyridine rings is 1. The summed E-state index contributed by atoms with van der Waals surface area (Å²) in [6.45, 7) is 7.66. The maximum Gasteiger partial charge on any atom is 0.405 e. The molecule has 2 aromatic rings. The molecule has 3 N–H and O–H groups in total. The van der Waals surface area contributed by atoms with E-state index in [1.165, 1.54) is 0 Å². The Morgan fingerprint density at radius 1 is 1.35 bits per heavy atom. The van der Waals surface area contributed by atoms with Gasteiger partial charge >= 0.3 is 6.09 Å². The number of carboxylic acid groups (broad SMARTS) is 1. The molecule has 0 aliphatic carbocycles. The van der Waals surface area contributed by atoms with E-state index in [0.29, 0.717) is 36.4 Å². The lowest BCUT2D eigenvalue weighted by atomic mass is 9.92. The van der Waals surface area contributed by atoms with Crippen molar-refractivity contribution < 1.29 is 19.4 Å². The average Bonchev–Trinajstić information content (AvgIpc) is 3.18. The summed E-state index contributed by atoms with van der Waals surface area (Å²) in [5, 5.41) is 15.4. The van der Waals surface area contributed by atoms with Gasteiger partial charge in [-0.15, -0.1) is 0 Å². The Kier molecular flexibility index (Phi) is 7.62. The highest BCUT2D eigenvalue weighted by Gasteiger charge is 2.23. The molecular weight excluding hydrogens is 418 g/mol. The topological polar surface area (TPSA) is 92.7 Å². The number of ether oxygens (including phenoxy) is 2. The van der Waals surface area contributed by atoms with Crippen molar-refractivity contribution in [3.05, 3.63) is 41.6 Å². The first-order valence-electron chi connectivity index (χ1n) is 10.5. The summed E-state index contributed by atoms with van der Waals surface area (Å²) in [4.78, 5) is 15.3. The second kappa shape index (κ2) is 10.2. The minimum absolute atomic E-state index is 0.144. The van der Waals surface area contributed by atoms with Gasteiger partial charge in [0.25, 0.3) is 0 Å². The van der Waals surface area contributed by atoms with Gasteiger partial charge in [0.05, 0.1) is 24.3 Å².